The number of benzene rings is 1. The maximum absolute atomic E-state index is 12.1. The van der Waals surface area contributed by atoms with Crippen molar-refractivity contribution in [2.75, 3.05) is 18.1 Å². The predicted molar refractivity (Wildman–Crippen MR) is 90.5 cm³/mol. The lowest BCUT2D eigenvalue weighted by atomic mass is 9.99. The molecule has 1 aliphatic rings. The molecule has 0 aromatic heterocycles. The van der Waals surface area contributed by atoms with Crippen molar-refractivity contribution < 1.29 is 4.79 Å². The summed E-state index contributed by atoms with van der Waals surface area (Å²) in [6.45, 7) is 4.87. The third kappa shape index (κ3) is 4.75. The van der Waals surface area contributed by atoms with E-state index in [0.717, 1.165) is 29.9 Å². The number of carbonyl (C=O) groups is 1. The van der Waals surface area contributed by atoms with Crippen LogP contribution in [-0.4, -0.2) is 24.0 Å². The number of thioether (sulfide) groups is 1. The van der Waals surface area contributed by atoms with Gasteiger partial charge in [-0.3, -0.25) is 4.79 Å². The van der Waals surface area contributed by atoms with Gasteiger partial charge in [-0.1, -0.05) is 38.1 Å². The summed E-state index contributed by atoms with van der Waals surface area (Å²) in [6, 6.07) is 8.26. The highest BCUT2D eigenvalue weighted by Crippen LogP contribution is 2.23. The summed E-state index contributed by atoms with van der Waals surface area (Å²) in [5.41, 5.74) is 8.58. The molecule has 1 aliphatic heterocycles. The second-order valence-electron chi connectivity index (χ2n) is 6.06. The molecule has 1 aromatic carbocycles. The molecule has 1 amide bonds. The topological polar surface area (TPSA) is 55.1 Å². The van der Waals surface area contributed by atoms with E-state index in [0.29, 0.717) is 12.5 Å². The van der Waals surface area contributed by atoms with Crippen LogP contribution in [0.1, 0.15) is 49.8 Å². The van der Waals surface area contributed by atoms with Crippen molar-refractivity contribution in [3.05, 3.63) is 35.4 Å². The van der Waals surface area contributed by atoms with Crippen LogP contribution in [0.25, 0.3) is 0 Å². The molecule has 1 fully saturated rings. The van der Waals surface area contributed by atoms with E-state index < -0.39 is 0 Å². The first kappa shape index (κ1) is 16.4. The maximum atomic E-state index is 12.1. The zero-order valence-corrected chi connectivity index (χ0v) is 13.8. The highest BCUT2D eigenvalue weighted by molar-refractivity contribution is 7.99. The molecule has 1 heterocycles. The van der Waals surface area contributed by atoms with Gasteiger partial charge in [0.15, 0.2) is 0 Å². The molecule has 1 atom stereocenters. The van der Waals surface area contributed by atoms with Crippen LogP contribution in [0.5, 0.6) is 0 Å². The summed E-state index contributed by atoms with van der Waals surface area (Å²) in [7, 11) is 0. The van der Waals surface area contributed by atoms with Gasteiger partial charge in [-0.05, 0) is 41.4 Å². The zero-order valence-electron chi connectivity index (χ0n) is 13.0. The minimum Gasteiger partial charge on any atom is -0.354 e. The average molecular weight is 306 g/mol. The Labute approximate surface area is 132 Å². The molecule has 3 nitrogen and oxygen atoms in total. The number of nitrogens with one attached hydrogen (secondary N) is 1. The number of hydrogen-bond acceptors (Lipinski definition) is 3. The first-order valence-electron chi connectivity index (χ1n) is 7.79. The Kier molecular flexibility index (Phi) is 6.12. The number of rotatable bonds is 5. The van der Waals surface area contributed by atoms with E-state index in [1.807, 2.05) is 11.8 Å². The van der Waals surface area contributed by atoms with Crippen LogP contribution < -0.4 is 11.1 Å². The minimum atomic E-state index is -0.131. The lowest BCUT2D eigenvalue weighted by molar-refractivity contribution is -0.125. The predicted octanol–water partition coefficient (Wildman–Crippen LogP) is 3.07. The first-order valence-corrected chi connectivity index (χ1v) is 8.94. The van der Waals surface area contributed by atoms with Crippen LogP contribution in [0.2, 0.25) is 0 Å². The van der Waals surface area contributed by atoms with Crippen LogP contribution in [0, 0.1) is 5.92 Å². The van der Waals surface area contributed by atoms with E-state index in [1.54, 1.807) is 0 Å². The molecule has 3 N–H and O–H groups in total. The molecule has 2 rings (SSSR count). The third-order valence-electron chi connectivity index (χ3n) is 4.12. The molecule has 1 unspecified atom stereocenters. The van der Waals surface area contributed by atoms with Gasteiger partial charge in [0.25, 0.3) is 0 Å². The highest BCUT2D eigenvalue weighted by Gasteiger charge is 2.21. The smallest absolute Gasteiger partial charge is 0.223 e. The Balaban J connectivity index is 1.83. The lowest BCUT2D eigenvalue weighted by Gasteiger charge is -2.22. The van der Waals surface area contributed by atoms with E-state index in [-0.39, 0.29) is 17.9 Å². The van der Waals surface area contributed by atoms with E-state index in [4.69, 9.17) is 5.73 Å². The fourth-order valence-corrected chi connectivity index (χ4v) is 3.67. The second-order valence-corrected chi connectivity index (χ2v) is 7.28. The van der Waals surface area contributed by atoms with Crippen molar-refractivity contribution in [3.8, 4) is 0 Å². The molecule has 21 heavy (non-hydrogen) atoms. The fraction of sp³-hybridized carbons (Fsp3) is 0.588. The molecule has 4 heteroatoms. The molecule has 0 saturated carbocycles. The first-order chi connectivity index (χ1) is 10.1. The third-order valence-corrected chi connectivity index (χ3v) is 5.17. The molecule has 116 valence electrons. The lowest BCUT2D eigenvalue weighted by Crippen LogP contribution is -2.37. The normalized spacial score (nSPS) is 17.7. The number of hydrogen-bond donors (Lipinski definition) is 2. The summed E-state index contributed by atoms with van der Waals surface area (Å²) < 4.78 is 0. The van der Waals surface area contributed by atoms with Gasteiger partial charge >= 0.3 is 0 Å². The Morgan fingerprint density at radius 1 is 1.24 bits per heavy atom. The van der Waals surface area contributed by atoms with Crippen LogP contribution in [-0.2, 0) is 4.79 Å². The van der Waals surface area contributed by atoms with E-state index in [1.165, 1.54) is 5.56 Å². The monoisotopic (exact) mass is 306 g/mol. The Hall–Kier alpha value is -1.00. The van der Waals surface area contributed by atoms with Gasteiger partial charge in [0.05, 0.1) is 0 Å². The SMILES string of the molecule is CC(C)c1ccc(C(N)CNC(=O)C2CCSCC2)cc1. The van der Waals surface area contributed by atoms with Gasteiger partial charge in [-0.15, -0.1) is 0 Å². The molecule has 1 aromatic rings. The summed E-state index contributed by atoms with van der Waals surface area (Å²) in [5, 5.41) is 3.01. The Morgan fingerprint density at radius 2 is 1.81 bits per heavy atom. The molecule has 0 aliphatic carbocycles. The summed E-state index contributed by atoms with van der Waals surface area (Å²) in [4.78, 5) is 12.1. The quantitative estimate of drug-likeness (QED) is 0.879. The van der Waals surface area contributed by atoms with Crippen molar-refractivity contribution in [2.24, 2.45) is 11.7 Å². The highest BCUT2D eigenvalue weighted by atomic mass is 32.2. The van der Waals surface area contributed by atoms with Crippen molar-refractivity contribution >= 4 is 17.7 Å². The molecular formula is C17H26N2OS. The number of nitrogens with two attached hydrogens (primary N) is 1. The molecule has 0 bridgehead atoms. The van der Waals surface area contributed by atoms with Crippen LogP contribution in [0.15, 0.2) is 24.3 Å². The standard InChI is InChI=1S/C17H26N2OS/c1-12(2)13-3-5-14(6-4-13)16(18)11-19-17(20)15-7-9-21-10-8-15/h3-6,12,15-16H,7-11,18H2,1-2H3,(H,19,20). The van der Waals surface area contributed by atoms with Crippen LogP contribution >= 0.6 is 11.8 Å². The molecule has 0 radical (unpaired) electrons. The molecular weight excluding hydrogens is 280 g/mol. The summed E-state index contributed by atoms with van der Waals surface area (Å²) >= 11 is 1.94. The summed E-state index contributed by atoms with van der Waals surface area (Å²) in [5.74, 6) is 3.08. The average Bonchev–Trinajstić information content (AvgIpc) is 2.53. The van der Waals surface area contributed by atoms with E-state index in [2.05, 4.69) is 43.4 Å². The van der Waals surface area contributed by atoms with Crippen molar-refractivity contribution in [1.82, 2.24) is 5.32 Å². The Bertz CT molecular complexity index is 452. The maximum Gasteiger partial charge on any atom is 0.223 e. The van der Waals surface area contributed by atoms with Crippen molar-refractivity contribution in [1.29, 1.82) is 0 Å². The van der Waals surface area contributed by atoms with Gasteiger partial charge in [0.1, 0.15) is 0 Å². The van der Waals surface area contributed by atoms with Gasteiger partial charge in [0.2, 0.25) is 5.91 Å². The number of amides is 1. The van der Waals surface area contributed by atoms with E-state index >= 15 is 0 Å². The van der Waals surface area contributed by atoms with Gasteiger partial charge in [-0.2, -0.15) is 11.8 Å². The van der Waals surface area contributed by atoms with E-state index in [9.17, 15) is 4.79 Å². The second kappa shape index (κ2) is 7.85. The van der Waals surface area contributed by atoms with Crippen LogP contribution in [0.4, 0.5) is 0 Å². The van der Waals surface area contributed by atoms with Crippen molar-refractivity contribution in [2.45, 2.75) is 38.6 Å². The van der Waals surface area contributed by atoms with Gasteiger partial charge < -0.3 is 11.1 Å². The Morgan fingerprint density at radius 3 is 2.38 bits per heavy atom. The summed E-state index contributed by atoms with van der Waals surface area (Å²) in [6.07, 6.45) is 1.99. The molecule has 0 spiro atoms. The van der Waals surface area contributed by atoms with Crippen LogP contribution in [0.3, 0.4) is 0 Å². The van der Waals surface area contributed by atoms with Gasteiger partial charge in [-0.25, -0.2) is 0 Å². The largest absolute Gasteiger partial charge is 0.354 e. The minimum absolute atomic E-state index is 0.131. The molecule has 1 saturated heterocycles. The fourth-order valence-electron chi connectivity index (χ4n) is 2.56. The number of carbonyl (C=O) groups excluding carboxylic acids is 1. The van der Waals surface area contributed by atoms with Crippen molar-refractivity contribution in [3.63, 3.8) is 0 Å². The van der Waals surface area contributed by atoms with Gasteiger partial charge in [0, 0.05) is 18.5 Å². The zero-order chi connectivity index (χ0) is 15.2.